The second kappa shape index (κ2) is 8.63. The Labute approximate surface area is 117 Å². The Bertz CT molecular complexity index is 336. The fraction of sp³-hybridized carbons (Fsp3) is 0.0909. The van der Waals surface area contributed by atoms with Crippen LogP contribution in [0.4, 0.5) is 0 Å². The molecule has 1 aliphatic rings. The normalized spacial score (nSPS) is 12.1. The van der Waals surface area contributed by atoms with Gasteiger partial charge in [0.1, 0.15) is 0 Å². The zero-order valence-corrected chi connectivity index (χ0v) is 13.9. The van der Waals surface area contributed by atoms with Gasteiger partial charge >= 0.3 is 93.2 Å². The third kappa shape index (κ3) is 5.39. The van der Waals surface area contributed by atoms with Crippen molar-refractivity contribution in [2.45, 2.75) is 6.42 Å². The van der Waals surface area contributed by atoms with E-state index in [9.17, 15) is 0 Å². The smallest absolute Gasteiger partial charge is 1.00 e. The molecule has 0 aliphatic heterocycles. The quantitative estimate of drug-likeness (QED) is 0.464. The SMILES string of the molecule is C1=CCC([S][Hf+2][c]2ccccc2)=C1.[Cl-].[Cl-]. The van der Waals surface area contributed by atoms with Crippen LogP contribution in [-0.4, -0.2) is 0 Å². The minimum absolute atomic E-state index is 0. The number of hydrogen-bond acceptors (Lipinski definition) is 1. The second-order valence-corrected chi connectivity index (χ2v) is 10.2. The summed E-state index contributed by atoms with van der Waals surface area (Å²) in [5.41, 5.74) is 0. The van der Waals surface area contributed by atoms with Gasteiger partial charge in [-0.05, 0) is 0 Å². The van der Waals surface area contributed by atoms with Gasteiger partial charge in [0, 0.05) is 0 Å². The molecule has 4 heteroatoms. The third-order valence-electron chi connectivity index (χ3n) is 1.81. The van der Waals surface area contributed by atoms with E-state index in [1.165, 1.54) is 6.42 Å². The van der Waals surface area contributed by atoms with Crippen molar-refractivity contribution in [1.82, 2.24) is 0 Å². The van der Waals surface area contributed by atoms with Gasteiger partial charge in [0.25, 0.3) is 0 Å². The molecular formula is C11H10Cl2HfS. The maximum Gasteiger partial charge on any atom is -1.00 e. The Hall–Kier alpha value is 0.500. The van der Waals surface area contributed by atoms with Crippen molar-refractivity contribution in [2.75, 3.05) is 0 Å². The van der Waals surface area contributed by atoms with Crippen molar-refractivity contribution in [2.24, 2.45) is 0 Å². The van der Waals surface area contributed by atoms with E-state index in [0.29, 0.717) is 0 Å². The van der Waals surface area contributed by atoms with Gasteiger partial charge in [-0.3, -0.25) is 0 Å². The fourth-order valence-corrected chi connectivity index (χ4v) is 8.32. The van der Waals surface area contributed by atoms with E-state index in [-0.39, 0.29) is 24.8 Å². The summed E-state index contributed by atoms with van der Waals surface area (Å²) in [5.74, 6) is 0. The first-order valence-electron chi connectivity index (χ1n) is 4.29. The average molecular weight is 424 g/mol. The van der Waals surface area contributed by atoms with Gasteiger partial charge in [0.05, 0.1) is 0 Å². The summed E-state index contributed by atoms with van der Waals surface area (Å²) in [6.45, 7) is 0. The molecule has 0 heterocycles. The molecule has 0 bridgehead atoms. The minimum Gasteiger partial charge on any atom is -1.00 e. The number of hydrogen-bond donors (Lipinski definition) is 0. The van der Waals surface area contributed by atoms with Gasteiger partial charge in [0.15, 0.2) is 0 Å². The predicted molar refractivity (Wildman–Crippen MR) is 55.5 cm³/mol. The third-order valence-corrected chi connectivity index (χ3v) is 10.4. The predicted octanol–water partition coefficient (Wildman–Crippen LogP) is -3.11. The standard InChI is InChI=1S/C6H5.C5H6S.2ClH.Hf/c1-2-4-6-5-3-1;6-5-3-1-2-4-5;;;/h1-5H;1-3,6H,4H2;2*1H;/q;;;;+3/p-3. The van der Waals surface area contributed by atoms with E-state index in [1.807, 2.05) is 0 Å². The van der Waals surface area contributed by atoms with Crippen LogP contribution in [0.15, 0.2) is 53.5 Å². The summed E-state index contributed by atoms with van der Waals surface area (Å²) < 4.78 is 1.60. The average Bonchev–Trinajstić information content (AvgIpc) is 2.69. The molecule has 0 radical (unpaired) electrons. The minimum atomic E-state index is -0.622. The zero-order chi connectivity index (χ0) is 8.93. The number of benzene rings is 1. The van der Waals surface area contributed by atoms with Crippen LogP contribution < -0.4 is 28.1 Å². The largest absolute Gasteiger partial charge is 1.00 e. The van der Waals surface area contributed by atoms with Crippen molar-refractivity contribution in [3.8, 4) is 0 Å². The van der Waals surface area contributed by atoms with Gasteiger partial charge in [-0.1, -0.05) is 0 Å². The van der Waals surface area contributed by atoms with Crippen LogP contribution in [0.3, 0.4) is 0 Å². The van der Waals surface area contributed by atoms with Crippen molar-refractivity contribution < 1.29 is 46.3 Å². The van der Waals surface area contributed by atoms with E-state index in [1.54, 1.807) is 8.23 Å². The van der Waals surface area contributed by atoms with Crippen molar-refractivity contribution in [3.63, 3.8) is 0 Å². The number of allylic oxidation sites excluding steroid dienone is 4. The Morgan fingerprint density at radius 2 is 1.80 bits per heavy atom. The Balaban J connectivity index is 0.000000980. The van der Waals surface area contributed by atoms with Crippen LogP contribution in [0, 0.1) is 0 Å². The molecule has 78 valence electrons. The second-order valence-electron chi connectivity index (χ2n) is 2.84. The summed E-state index contributed by atoms with van der Waals surface area (Å²) in [6.07, 6.45) is 7.82. The molecular weight excluding hydrogens is 414 g/mol. The summed E-state index contributed by atoms with van der Waals surface area (Å²) in [6, 6.07) is 10.9. The Morgan fingerprint density at radius 3 is 2.40 bits per heavy atom. The van der Waals surface area contributed by atoms with E-state index < -0.39 is 21.5 Å². The molecule has 0 fully saturated rings. The van der Waals surface area contributed by atoms with Crippen molar-refractivity contribution in [3.05, 3.63) is 53.5 Å². The van der Waals surface area contributed by atoms with Crippen LogP contribution in [0.25, 0.3) is 0 Å². The summed E-state index contributed by atoms with van der Waals surface area (Å²) >= 11 is -0.622. The van der Waals surface area contributed by atoms with Crippen LogP contribution in [0.5, 0.6) is 0 Å². The van der Waals surface area contributed by atoms with Gasteiger partial charge in [-0.25, -0.2) is 0 Å². The maximum absolute atomic E-state index is 2.26. The van der Waals surface area contributed by atoms with Gasteiger partial charge in [-0.15, -0.1) is 0 Å². The Kier molecular flexibility index (Phi) is 8.92. The maximum atomic E-state index is 2.26. The molecule has 0 nitrogen and oxygen atoms in total. The fourth-order valence-electron chi connectivity index (χ4n) is 1.13. The molecule has 1 aromatic rings. The molecule has 0 spiro atoms. The van der Waals surface area contributed by atoms with Crippen LogP contribution >= 0.6 is 8.59 Å². The molecule has 0 N–H and O–H groups in total. The molecule has 2 rings (SSSR count). The molecule has 1 aliphatic carbocycles. The first-order valence-corrected chi connectivity index (χ1v) is 11.3. The molecule has 0 atom stereocenters. The molecule has 0 saturated carbocycles. The summed E-state index contributed by atoms with van der Waals surface area (Å²) in [5, 5.41) is 0. The summed E-state index contributed by atoms with van der Waals surface area (Å²) in [4.78, 5) is 1.56. The molecule has 1 aromatic carbocycles. The number of halogens is 2. The monoisotopic (exact) mass is 424 g/mol. The van der Waals surface area contributed by atoms with Crippen molar-refractivity contribution in [1.29, 1.82) is 0 Å². The number of rotatable bonds is 3. The molecule has 15 heavy (non-hydrogen) atoms. The topological polar surface area (TPSA) is 0 Å². The van der Waals surface area contributed by atoms with Crippen LogP contribution in [0.2, 0.25) is 0 Å². The van der Waals surface area contributed by atoms with Crippen molar-refractivity contribution >= 4 is 11.9 Å². The van der Waals surface area contributed by atoms with Crippen LogP contribution in [0.1, 0.15) is 6.42 Å². The van der Waals surface area contributed by atoms with Gasteiger partial charge < -0.3 is 24.8 Å². The van der Waals surface area contributed by atoms with Gasteiger partial charge in [0.2, 0.25) is 0 Å². The van der Waals surface area contributed by atoms with E-state index in [2.05, 4.69) is 57.1 Å². The van der Waals surface area contributed by atoms with Crippen LogP contribution in [-0.2, 0) is 21.5 Å². The summed E-state index contributed by atoms with van der Waals surface area (Å²) in [7, 11) is 2.13. The molecule has 0 unspecified atom stereocenters. The Morgan fingerprint density at radius 1 is 1.07 bits per heavy atom. The first-order chi connectivity index (χ1) is 6.45. The van der Waals surface area contributed by atoms with Gasteiger partial charge in [-0.2, -0.15) is 0 Å². The zero-order valence-electron chi connectivity index (χ0n) is 7.99. The van der Waals surface area contributed by atoms with E-state index in [4.69, 9.17) is 0 Å². The molecule has 0 aromatic heterocycles. The van der Waals surface area contributed by atoms with E-state index >= 15 is 0 Å². The molecule has 0 saturated heterocycles. The van der Waals surface area contributed by atoms with E-state index in [0.717, 1.165) is 0 Å². The first kappa shape index (κ1) is 15.5. The molecule has 0 amide bonds.